The molecule has 130 valence electrons. The Balaban J connectivity index is 2.05. The van der Waals surface area contributed by atoms with Crippen LogP contribution in [0.2, 0.25) is 0 Å². The summed E-state index contributed by atoms with van der Waals surface area (Å²) in [6.45, 7) is 8.93. The number of hydrogen-bond donors (Lipinski definition) is 2. The van der Waals surface area contributed by atoms with E-state index < -0.39 is 10.0 Å². The molecule has 0 saturated heterocycles. The molecule has 7 heteroatoms. The fraction of sp³-hybridized carbons (Fsp3) is 0.412. The molecule has 1 heterocycles. The number of sulfonamides is 1. The summed E-state index contributed by atoms with van der Waals surface area (Å²) in [6, 6.07) is 8.33. The number of nitrogens with zero attached hydrogens (tertiary/aromatic N) is 2. The van der Waals surface area contributed by atoms with Gasteiger partial charge in [-0.3, -0.25) is 4.72 Å². The van der Waals surface area contributed by atoms with E-state index in [0.29, 0.717) is 11.7 Å². The Labute approximate surface area is 143 Å². The molecule has 1 aromatic heterocycles. The van der Waals surface area contributed by atoms with Crippen LogP contribution in [0.3, 0.4) is 0 Å². The van der Waals surface area contributed by atoms with Crippen molar-refractivity contribution in [3.8, 4) is 0 Å². The van der Waals surface area contributed by atoms with Gasteiger partial charge in [-0.25, -0.2) is 8.42 Å². The van der Waals surface area contributed by atoms with Crippen molar-refractivity contribution in [3.05, 3.63) is 41.5 Å². The Kier molecular flexibility index (Phi) is 5.77. The minimum absolute atomic E-state index is 0.197. The number of anilines is 2. The summed E-state index contributed by atoms with van der Waals surface area (Å²) in [5, 5.41) is 11.1. The maximum absolute atomic E-state index is 12.4. The molecule has 24 heavy (non-hydrogen) atoms. The van der Waals surface area contributed by atoms with E-state index in [1.54, 1.807) is 30.3 Å². The van der Waals surface area contributed by atoms with Crippen molar-refractivity contribution >= 4 is 21.7 Å². The van der Waals surface area contributed by atoms with E-state index in [0.717, 1.165) is 24.1 Å². The first-order chi connectivity index (χ1) is 11.3. The molecule has 2 N–H and O–H groups in total. The molecule has 0 fully saturated rings. The van der Waals surface area contributed by atoms with Gasteiger partial charge in [0.1, 0.15) is 5.82 Å². The minimum atomic E-state index is -3.67. The van der Waals surface area contributed by atoms with E-state index in [1.165, 1.54) is 0 Å². The van der Waals surface area contributed by atoms with Crippen molar-refractivity contribution in [2.24, 2.45) is 5.92 Å². The molecule has 1 aromatic carbocycles. The molecule has 0 bridgehead atoms. The molecule has 0 spiro atoms. The quantitative estimate of drug-likeness (QED) is 0.801. The third-order valence-electron chi connectivity index (χ3n) is 3.72. The molecular weight excluding hydrogens is 324 g/mol. The highest BCUT2D eigenvalue weighted by atomic mass is 32.2. The second kappa shape index (κ2) is 7.61. The molecule has 6 nitrogen and oxygen atoms in total. The number of rotatable bonds is 7. The first kappa shape index (κ1) is 18.2. The highest BCUT2D eigenvalue weighted by molar-refractivity contribution is 7.92. The van der Waals surface area contributed by atoms with E-state index in [4.69, 9.17) is 0 Å². The Bertz CT molecular complexity index is 787. The Hall–Kier alpha value is -2.15. The topological polar surface area (TPSA) is 84.0 Å². The van der Waals surface area contributed by atoms with Gasteiger partial charge in [-0.05, 0) is 61.6 Å². The molecule has 0 radical (unpaired) electrons. The fourth-order valence-electron chi connectivity index (χ4n) is 2.05. The highest BCUT2D eigenvalue weighted by Crippen LogP contribution is 2.18. The lowest BCUT2D eigenvalue weighted by Crippen LogP contribution is -2.15. The lowest BCUT2D eigenvalue weighted by molar-refractivity contribution is 0.600. The second-order valence-electron chi connectivity index (χ2n) is 6.26. The molecule has 2 aromatic rings. The van der Waals surface area contributed by atoms with Crippen LogP contribution in [0, 0.1) is 19.8 Å². The van der Waals surface area contributed by atoms with Gasteiger partial charge >= 0.3 is 0 Å². The normalized spacial score (nSPS) is 11.5. The van der Waals surface area contributed by atoms with Gasteiger partial charge in [-0.1, -0.05) is 19.9 Å². The summed E-state index contributed by atoms with van der Waals surface area (Å²) in [4.78, 5) is 0.214. The average Bonchev–Trinajstić information content (AvgIpc) is 2.51. The Morgan fingerprint density at radius 1 is 1.00 bits per heavy atom. The summed E-state index contributed by atoms with van der Waals surface area (Å²) < 4.78 is 27.3. The van der Waals surface area contributed by atoms with E-state index in [-0.39, 0.29) is 10.7 Å². The van der Waals surface area contributed by atoms with Crippen LogP contribution < -0.4 is 10.0 Å². The molecule has 0 aliphatic heterocycles. The van der Waals surface area contributed by atoms with Crippen molar-refractivity contribution in [1.29, 1.82) is 0 Å². The molecule has 2 rings (SSSR count). The molecule has 0 unspecified atom stereocenters. The van der Waals surface area contributed by atoms with Crippen LogP contribution in [0.1, 0.15) is 31.4 Å². The van der Waals surface area contributed by atoms with Gasteiger partial charge in [0.25, 0.3) is 10.0 Å². The van der Waals surface area contributed by atoms with Gasteiger partial charge in [-0.2, -0.15) is 0 Å². The first-order valence-electron chi connectivity index (χ1n) is 7.95. The third-order valence-corrected chi connectivity index (χ3v) is 5.07. The SMILES string of the molecule is Cc1ccc(S(=O)(=O)Nc2ccc(NCCC(C)C)nn2)cc1C. The van der Waals surface area contributed by atoms with E-state index >= 15 is 0 Å². The van der Waals surface area contributed by atoms with Gasteiger partial charge < -0.3 is 5.32 Å². The molecule has 0 saturated carbocycles. The Morgan fingerprint density at radius 3 is 2.25 bits per heavy atom. The third kappa shape index (κ3) is 4.92. The van der Waals surface area contributed by atoms with Gasteiger partial charge in [0.15, 0.2) is 5.82 Å². The molecule has 0 aliphatic rings. The highest BCUT2D eigenvalue weighted by Gasteiger charge is 2.15. The predicted molar refractivity (Wildman–Crippen MR) is 96.7 cm³/mol. The number of nitrogens with one attached hydrogen (secondary N) is 2. The van der Waals surface area contributed by atoms with Crippen LogP contribution in [0.25, 0.3) is 0 Å². The first-order valence-corrected chi connectivity index (χ1v) is 9.44. The van der Waals surface area contributed by atoms with Crippen molar-refractivity contribution in [1.82, 2.24) is 10.2 Å². The second-order valence-corrected chi connectivity index (χ2v) is 7.95. The summed E-state index contributed by atoms with van der Waals surface area (Å²) in [6.07, 6.45) is 1.03. The lowest BCUT2D eigenvalue weighted by atomic mass is 10.1. The van der Waals surface area contributed by atoms with Crippen molar-refractivity contribution in [2.75, 3.05) is 16.6 Å². The largest absolute Gasteiger partial charge is 0.369 e. The summed E-state index contributed by atoms with van der Waals surface area (Å²) in [5.41, 5.74) is 1.97. The van der Waals surface area contributed by atoms with Gasteiger partial charge in [-0.15, -0.1) is 10.2 Å². The monoisotopic (exact) mass is 348 g/mol. The number of benzene rings is 1. The van der Waals surface area contributed by atoms with Crippen molar-refractivity contribution in [2.45, 2.75) is 39.0 Å². The van der Waals surface area contributed by atoms with E-state index in [1.807, 2.05) is 13.8 Å². The zero-order valence-corrected chi connectivity index (χ0v) is 15.3. The average molecular weight is 348 g/mol. The van der Waals surface area contributed by atoms with Gasteiger partial charge in [0, 0.05) is 6.54 Å². The summed E-state index contributed by atoms with van der Waals surface area (Å²) >= 11 is 0. The predicted octanol–water partition coefficient (Wildman–Crippen LogP) is 3.35. The van der Waals surface area contributed by atoms with Crippen LogP contribution >= 0.6 is 0 Å². The lowest BCUT2D eigenvalue weighted by Gasteiger charge is -2.10. The van der Waals surface area contributed by atoms with Crippen molar-refractivity contribution < 1.29 is 8.42 Å². The van der Waals surface area contributed by atoms with Crippen LogP contribution in [-0.2, 0) is 10.0 Å². The Morgan fingerprint density at radius 2 is 1.67 bits per heavy atom. The minimum Gasteiger partial charge on any atom is -0.369 e. The molecule has 0 aliphatic carbocycles. The maximum atomic E-state index is 12.4. The van der Waals surface area contributed by atoms with Crippen LogP contribution in [0.4, 0.5) is 11.6 Å². The summed E-state index contributed by atoms with van der Waals surface area (Å²) in [5.74, 6) is 1.43. The number of hydrogen-bond acceptors (Lipinski definition) is 5. The zero-order valence-electron chi connectivity index (χ0n) is 14.5. The standard InChI is InChI=1S/C17H24N4O2S/c1-12(2)9-10-18-16-7-8-17(20-19-16)21-24(22,23)15-6-5-13(3)14(4)11-15/h5-8,11-12H,9-10H2,1-4H3,(H,18,19)(H,20,21). The molecule has 0 amide bonds. The van der Waals surface area contributed by atoms with Gasteiger partial charge in [0.05, 0.1) is 4.90 Å². The van der Waals surface area contributed by atoms with Gasteiger partial charge in [0.2, 0.25) is 0 Å². The number of aromatic nitrogens is 2. The molecular formula is C17H24N4O2S. The number of aryl methyl sites for hydroxylation is 2. The zero-order chi connectivity index (χ0) is 17.7. The van der Waals surface area contributed by atoms with Crippen LogP contribution in [-0.4, -0.2) is 25.2 Å². The molecule has 0 atom stereocenters. The smallest absolute Gasteiger partial charge is 0.263 e. The van der Waals surface area contributed by atoms with E-state index in [9.17, 15) is 8.42 Å². The van der Waals surface area contributed by atoms with Crippen LogP contribution in [0.5, 0.6) is 0 Å². The van der Waals surface area contributed by atoms with Crippen LogP contribution in [0.15, 0.2) is 35.2 Å². The van der Waals surface area contributed by atoms with Crippen molar-refractivity contribution in [3.63, 3.8) is 0 Å². The fourth-order valence-corrected chi connectivity index (χ4v) is 3.13. The van der Waals surface area contributed by atoms with E-state index in [2.05, 4.69) is 34.1 Å². The maximum Gasteiger partial charge on any atom is 0.263 e. The summed E-state index contributed by atoms with van der Waals surface area (Å²) in [7, 11) is -3.67.